The molecule has 2 aliphatic rings. The van der Waals surface area contributed by atoms with Crippen molar-refractivity contribution in [3.05, 3.63) is 59.7 Å². The highest BCUT2D eigenvalue weighted by atomic mass is 19.4. The number of hydrogen-bond donors (Lipinski definition) is 0. The van der Waals surface area contributed by atoms with Crippen molar-refractivity contribution in [2.75, 3.05) is 25.1 Å². The molecule has 1 heterocycles. The van der Waals surface area contributed by atoms with Gasteiger partial charge in [-0.15, -0.1) is 0 Å². The van der Waals surface area contributed by atoms with Crippen molar-refractivity contribution in [1.82, 2.24) is 0 Å². The van der Waals surface area contributed by atoms with Crippen molar-refractivity contribution in [3.63, 3.8) is 0 Å². The summed E-state index contributed by atoms with van der Waals surface area (Å²) in [6, 6.07) is 15.0. The highest BCUT2D eigenvalue weighted by molar-refractivity contribution is 5.54. The Morgan fingerprint density at radius 2 is 1.75 bits per heavy atom. The summed E-state index contributed by atoms with van der Waals surface area (Å²) in [5.41, 5.74) is 1.56. The van der Waals surface area contributed by atoms with Gasteiger partial charge in [0.25, 0.3) is 0 Å². The fourth-order valence-electron chi connectivity index (χ4n) is 4.58. The molecule has 0 amide bonds. The largest absolute Gasteiger partial charge is 0.496 e. The van der Waals surface area contributed by atoms with Crippen LogP contribution in [0.25, 0.3) is 0 Å². The first-order valence-electron chi connectivity index (χ1n) is 10.0. The molecule has 0 aromatic heterocycles. The fraction of sp³-hybridized carbons (Fsp3) is 0.478. The van der Waals surface area contributed by atoms with Crippen LogP contribution in [0.15, 0.2) is 48.5 Å². The SMILES string of the molecule is COc1cc(N2CCC(CC3CC3c3ccccc3)CC2)ccc1C(F)(F)F. The monoisotopic (exact) mass is 389 g/mol. The minimum atomic E-state index is -4.39. The molecule has 28 heavy (non-hydrogen) atoms. The Morgan fingerprint density at radius 1 is 1.04 bits per heavy atom. The quantitative estimate of drug-likeness (QED) is 0.610. The van der Waals surface area contributed by atoms with E-state index in [2.05, 4.69) is 35.2 Å². The number of rotatable bonds is 5. The van der Waals surface area contributed by atoms with Gasteiger partial charge in [0.1, 0.15) is 5.75 Å². The van der Waals surface area contributed by atoms with Gasteiger partial charge in [-0.2, -0.15) is 13.2 Å². The Bertz CT molecular complexity index is 797. The average molecular weight is 389 g/mol. The number of ether oxygens (including phenoxy) is 1. The maximum atomic E-state index is 13.0. The summed E-state index contributed by atoms with van der Waals surface area (Å²) >= 11 is 0. The Balaban J connectivity index is 1.32. The summed E-state index contributed by atoms with van der Waals surface area (Å²) in [4.78, 5) is 2.18. The lowest BCUT2D eigenvalue weighted by Gasteiger charge is -2.34. The van der Waals surface area contributed by atoms with Crippen LogP contribution >= 0.6 is 0 Å². The first-order valence-corrected chi connectivity index (χ1v) is 10.0. The highest BCUT2D eigenvalue weighted by Crippen LogP contribution is 2.51. The van der Waals surface area contributed by atoms with E-state index < -0.39 is 11.7 Å². The molecule has 1 aliphatic heterocycles. The Kier molecular flexibility index (Phi) is 5.26. The maximum absolute atomic E-state index is 13.0. The third-order valence-corrected chi connectivity index (χ3v) is 6.26. The molecule has 2 atom stereocenters. The van der Waals surface area contributed by atoms with Gasteiger partial charge in [0, 0.05) is 24.8 Å². The molecule has 1 saturated heterocycles. The molecule has 2 unspecified atom stereocenters. The summed E-state index contributed by atoms with van der Waals surface area (Å²) in [5, 5.41) is 0. The molecule has 150 valence electrons. The van der Waals surface area contributed by atoms with Crippen LogP contribution in [0.2, 0.25) is 0 Å². The zero-order chi connectivity index (χ0) is 19.7. The lowest BCUT2D eigenvalue weighted by molar-refractivity contribution is -0.138. The van der Waals surface area contributed by atoms with Crippen LogP contribution in [0, 0.1) is 11.8 Å². The topological polar surface area (TPSA) is 12.5 Å². The molecule has 1 saturated carbocycles. The van der Waals surface area contributed by atoms with E-state index in [1.165, 1.54) is 31.6 Å². The third kappa shape index (κ3) is 4.13. The average Bonchev–Trinajstić information content (AvgIpc) is 3.47. The van der Waals surface area contributed by atoms with Crippen molar-refractivity contribution in [2.24, 2.45) is 11.8 Å². The Labute approximate surface area is 164 Å². The second kappa shape index (κ2) is 7.69. The molecule has 0 spiro atoms. The number of hydrogen-bond acceptors (Lipinski definition) is 2. The van der Waals surface area contributed by atoms with Gasteiger partial charge in [-0.3, -0.25) is 0 Å². The first-order chi connectivity index (χ1) is 13.5. The molecule has 2 nitrogen and oxygen atoms in total. The van der Waals surface area contributed by atoms with Crippen LogP contribution in [0.4, 0.5) is 18.9 Å². The van der Waals surface area contributed by atoms with Gasteiger partial charge in [0.2, 0.25) is 0 Å². The zero-order valence-electron chi connectivity index (χ0n) is 16.1. The van der Waals surface area contributed by atoms with E-state index in [-0.39, 0.29) is 5.75 Å². The van der Waals surface area contributed by atoms with Crippen molar-refractivity contribution in [3.8, 4) is 5.75 Å². The number of alkyl halides is 3. The number of piperidine rings is 1. The minimum absolute atomic E-state index is 0.101. The number of methoxy groups -OCH3 is 1. The molecule has 0 radical (unpaired) electrons. The third-order valence-electron chi connectivity index (χ3n) is 6.26. The molecule has 2 aromatic carbocycles. The maximum Gasteiger partial charge on any atom is 0.419 e. The molecule has 0 bridgehead atoms. The molecule has 1 aliphatic carbocycles. The lowest BCUT2D eigenvalue weighted by Crippen LogP contribution is -2.33. The molecule has 2 aromatic rings. The van der Waals surface area contributed by atoms with E-state index in [0.717, 1.165) is 49.5 Å². The normalized spacial score (nSPS) is 22.9. The van der Waals surface area contributed by atoms with Crippen LogP contribution in [-0.2, 0) is 6.18 Å². The number of halogens is 3. The van der Waals surface area contributed by atoms with Gasteiger partial charge in [-0.25, -0.2) is 0 Å². The van der Waals surface area contributed by atoms with Gasteiger partial charge >= 0.3 is 6.18 Å². The van der Waals surface area contributed by atoms with Gasteiger partial charge in [0.05, 0.1) is 12.7 Å². The van der Waals surface area contributed by atoms with Gasteiger partial charge < -0.3 is 9.64 Å². The van der Waals surface area contributed by atoms with Gasteiger partial charge in [-0.1, -0.05) is 30.3 Å². The van der Waals surface area contributed by atoms with Crippen LogP contribution in [-0.4, -0.2) is 20.2 Å². The summed E-state index contributed by atoms with van der Waals surface area (Å²) < 4.78 is 44.1. The summed E-state index contributed by atoms with van der Waals surface area (Å²) in [5.74, 6) is 2.13. The van der Waals surface area contributed by atoms with E-state index >= 15 is 0 Å². The highest BCUT2D eigenvalue weighted by Gasteiger charge is 2.40. The van der Waals surface area contributed by atoms with Crippen molar-refractivity contribution in [2.45, 2.75) is 37.8 Å². The summed E-state index contributed by atoms with van der Waals surface area (Å²) in [7, 11) is 1.29. The van der Waals surface area contributed by atoms with Crippen LogP contribution in [0.5, 0.6) is 5.75 Å². The molecule has 2 fully saturated rings. The Hall–Kier alpha value is -2.17. The van der Waals surface area contributed by atoms with Gasteiger partial charge in [0.15, 0.2) is 0 Å². The first kappa shape index (κ1) is 19.2. The molecule has 5 heteroatoms. The zero-order valence-corrected chi connectivity index (χ0v) is 16.1. The smallest absolute Gasteiger partial charge is 0.419 e. The second-order valence-electron chi connectivity index (χ2n) is 8.06. The predicted molar refractivity (Wildman–Crippen MR) is 105 cm³/mol. The van der Waals surface area contributed by atoms with E-state index in [1.54, 1.807) is 6.07 Å². The van der Waals surface area contributed by atoms with Crippen LogP contribution in [0.1, 0.15) is 42.7 Å². The van der Waals surface area contributed by atoms with Crippen molar-refractivity contribution < 1.29 is 17.9 Å². The fourth-order valence-corrected chi connectivity index (χ4v) is 4.58. The van der Waals surface area contributed by atoms with Crippen molar-refractivity contribution in [1.29, 1.82) is 0 Å². The van der Waals surface area contributed by atoms with Crippen LogP contribution < -0.4 is 9.64 Å². The lowest BCUT2D eigenvalue weighted by atomic mass is 9.90. The van der Waals surface area contributed by atoms with Crippen molar-refractivity contribution >= 4 is 5.69 Å². The summed E-state index contributed by atoms with van der Waals surface area (Å²) in [6.07, 6.45) is 0.364. The second-order valence-corrected chi connectivity index (χ2v) is 8.06. The van der Waals surface area contributed by atoms with Gasteiger partial charge in [-0.05, 0) is 61.1 Å². The van der Waals surface area contributed by atoms with E-state index in [1.807, 2.05) is 0 Å². The summed E-state index contributed by atoms with van der Waals surface area (Å²) in [6.45, 7) is 1.78. The molecule has 4 rings (SSSR count). The molecule has 0 N–H and O–H groups in total. The van der Waals surface area contributed by atoms with Crippen LogP contribution in [0.3, 0.4) is 0 Å². The predicted octanol–water partition coefficient (Wildman–Crippen LogP) is 6.12. The molecular weight excluding hydrogens is 363 g/mol. The number of benzene rings is 2. The van der Waals surface area contributed by atoms with E-state index in [0.29, 0.717) is 5.92 Å². The Morgan fingerprint density at radius 3 is 2.39 bits per heavy atom. The molecular formula is C23H26F3NO. The number of anilines is 1. The van der Waals surface area contributed by atoms with E-state index in [4.69, 9.17) is 4.74 Å². The number of nitrogens with zero attached hydrogens (tertiary/aromatic N) is 1. The standard InChI is InChI=1S/C23H26F3NO/c1-28-22-15-19(7-8-21(22)23(24,25)26)27-11-9-16(10-12-27)13-18-14-20(18)17-5-3-2-4-6-17/h2-8,15-16,18,20H,9-14H2,1H3. The minimum Gasteiger partial charge on any atom is -0.496 e. The van der Waals surface area contributed by atoms with E-state index in [9.17, 15) is 13.2 Å².